The average Bonchev–Trinajstić information content (AvgIpc) is 3.27. The number of nitrogens with zero attached hydrogens (tertiary/aromatic N) is 1. The van der Waals surface area contributed by atoms with E-state index in [1.807, 2.05) is 0 Å². The molecule has 3 aromatic rings. The van der Waals surface area contributed by atoms with E-state index in [0.717, 1.165) is 10.8 Å². The van der Waals surface area contributed by atoms with Crippen LogP contribution in [0.5, 0.6) is 0 Å². The van der Waals surface area contributed by atoms with Gasteiger partial charge < -0.3 is 9.50 Å². The molecule has 0 aromatic heterocycles. The largest absolute Gasteiger partial charge is 0.550 e. The van der Waals surface area contributed by atoms with E-state index in [1.54, 1.807) is 0 Å². The van der Waals surface area contributed by atoms with Gasteiger partial charge in [0, 0.05) is 24.6 Å². The minimum Gasteiger partial charge on any atom is -0.550 e. The number of aliphatic hydroxyl groups is 1. The molecular formula is C26H30BNOP+. The number of hydrogen-bond donors (Lipinski definition) is 1. The summed E-state index contributed by atoms with van der Waals surface area (Å²) in [5.74, 6) is 0. The van der Waals surface area contributed by atoms with Crippen LogP contribution in [0.4, 0.5) is 0 Å². The average molecular weight is 414 g/mol. The van der Waals surface area contributed by atoms with Gasteiger partial charge in [-0.05, 0) is 49.7 Å². The van der Waals surface area contributed by atoms with Crippen molar-refractivity contribution in [1.29, 1.82) is 0 Å². The van der Waals surface area contributed by atoms with Gasteiger partial charge >= 0.3 is 0 Å². The van der Waals surface area contributed by atoms with Crippen molar-refractivity contribution in [1.82, 2.24) is 0 Å². The van der Waals surface area contributed by atoms with Crippen LogP contribution in [0.1, 0.15) is 19.8 Å². The lowest BCUT2D eigenvalue weighted by atomic mass is 9.64. The summed E-state index contributed by atoms with van der Waals surface area (Å²) in [6.45, 7) is 3.89. The third-order valence-corrected chi connectivity index (χ3v) is 12.4. The standard InChI is InChI=1S/C26H30BNOP/c1-21-26(27-28(21)19-11-12-22(28)20-29)30(23-13-5-2-6-14-23,24-15-7-3-8-16-24)25-17-9-4-10-18-25/h2-10,13-18,21-22,26,29H,11-12,19-20H2,1H3/q+1/t21-,22-,26-,28?/m0/s1. The number of rotatable bonds is 5. The van der Waals surface area contributed by atoms with E-state index in [4.69, 9.17) is 0 Å². The summed E-state index contributed by atoms with van der Waals surface area (Å²) >= 11 is 0. The third kappa shape index (κ3) is 2.83. The lowest BCUT2D eigenvalue weighted by Gasteiger charge is -2.71. The van der Waals surface area contributed by atoms with Crippen molar-refractivity contribution in [3.8, 4) is 0 Å². The van der Waals surface area contributed by atoms with Gasteiger partial charge in [0.05, 0.1) is 27.3 Å². The second kappa shape index (κ2) is 7.96. The molecule has 2 fully saturated rings. The first-order chi connectivity index (χ1) is 14.7. The fourth-order valence-electron chi connectivity index (χ4n) is 6.10. The molecule has 1 N–H and O–H groups in total. The first kappa shape index (κ1) is 20.0. The van der Waals surface area contributed by atoms with Crippen LogP contribution in [0.3, 0.4) is 0 Å². The van der Waals surface area contributed by atoms with Crippen molar-refractivity contribution in [2.75, 3.05) is 13.2 Å². The number of aliphatic hydroxyl groups excluding tert-OH is 1. The Hall–Kier alpha value is -1.93. The van der Waals surface area contributed by atoms with Crippen LogP contribution in [0.15, 0.2) is 91.0 Å². The van der Waals surface area contributed by atoms with Crippen LogP contribution in [-0.2, 0) is 0 Å². The Balaban J connectivity index is 1.72. The number of hydrogen-bond acceptors (Lipinski definition) is 1. The van der Waals surface area contributed by atoms with E-state index < -0.39 is 7.26 Å². The first-order valence-corrected chi connectivity index (χ1v) is 13.0. The van der Waals surface area contributed by atoms with Gasteiger partial charge in [-0.3, -0.25) is 0 Å². The second-order valence-electron chi connectivity index (χ2n) is 8.81. The summed E-state index contributed by atoms with van der Waals surface area (Å²) in [6.07, 6.45) is 2.35. The first-order valence-electron chi connectivity index (χ1n) is 11.1. The molecule has 152 valence electrons. The van der Waals surface area contributed by atoms with Gasteiger partial charge in [-0.2, -0.15) is 0 Å². The summed E-state index contributed by atoms with van der Waals surface area (Å²) in [6, 6.07) is 34.4. The van der Waals surface area contributed by atoms with E-state index in [-0.39, 0.29) is 0 Å². The molecule has 2 radical (unpaired) electrons. The van der Waals surface area contributed by atoms with Crippen LogP contribution in [0, 0.1) is 0 Å². The summed E-state index contributed by atoms with van der Waals surface area (Å²) in [4.78, 5) is 0. The van der Waals surface area contributed by atoms with Crippen LogP contribution in [-0.4, -0.2) is 47.7 Å². The third-order valence-electron chi connectivity index (χ3n) is 7.59. The van der Waals surface area contributed by atoms with Gasteiger partial charge in [-0.25, -0.2) is 0 Å². The molecule has 4 atom stereocenters. The zero-order valence-corrected chi connectivity index (χ0v) is 18.5. The SMILES string of the molecule is C[C@H]1[C@H]([P+](c2ccccc2)(c2ccccc2)c2ccccc2)[B-][N+]12CCC[C@H]2CO. The lowest BCUT2D eigenvalue weighted by molar-refractivity contribution is -0.880. The topological polar surface area (TPSA) is 20.2 Å². The van der Waals surface area contributed by atoms with Gasteiger partial charge in [0.1, 0.15) is 15.9 Å². The molecule has 5 rings (SSSR count). The zero-order valence-electron chi connectivity index (χ0n) is 17.6. The van der Waals surface area contributed by atoms with Gasteiger partial charge in [0.15, 0.2) is 0 Å². The maximum absolute atomic E-state index is 10.1. The number of benzene rings is 3. The highest BCUT2D eigenvalue weighted by Crippen LogP contribution is 2.65. The molecule has 1 unspecified atom stereocenters. The van der Waals surface area contributed by atoms with Crippen LogP contribution in [0.25, 0.3) is 0 Å². The summed E-state index contributed by atoms with van der Waals surface area (Å²) in [5.41, 5.74) is 0.469. The van der Waals surface area contributed by atoms with Crippen molar-refractivity contribution < 1.29 is 9.50 Å². The van der Waals surface area contributed by atoms with Crippen molar-refractivity contribution in [3.05, 3.63) is 91.0 Å². The Morgan fingerprint density at radius 3 is 1.70 bits per heavy atom. The van der Waals surface area contributed by atoms with E-state index >= 15 is 0 Å². The van der Waals surface area contributed by atoms with Crippen molar-refractivity contribution in [2.24, 2.45) is 0 Å². The Morgan fingerprint density at radius 1 is 0.833 bits per heavy atom. The monoisotopic (exact) mass is 414 g/mol. The molecule has 30 heavy (non-hydrogen) atoms. The van der Waals surface area contributed by atoms with Crippen molar-refractivity contribution in [2.45, 2.75) is 37.4 Å². The Labute approximate surface area is 181 Å². The molecule has 4 heteroatoms. The molecule has 2 saturated heterocycles. The van der Waals surface area contributed by atoms with Crippen LogP contribution >= 0.6 is 7.26 Å². The highest BCUT2D eigenvalue weighted by molar-refractivity contribution is 7.97. The van der Waals surface area contributed by atoms with E-state index in [2.05, 4.69) is 105 Å². The summed E-state index contributed by atoms with van der Waals surface area (Å²) < 4.78 is 0.995. The van der Waals surface area contributed by atoms with Gasteiger partial charge in [0.2, 0.25) is 0 Å². The number of quaternary nitrogens is 1. The highest BCUT2D eigenvalue weighted by Gasteiger charge is 2.61. The molecular weight excluding hydrogens is 384 g/mol. The molecule has 2 heterocycles. The van der Waals surface area contributed by atoms with E-state index in [1.165, 1.54) is 28.9 Å². The molecule has 0 amide bonds. The van der Waals surface area contributed by atoms with Crippen molar-refractivity contribution >= 4 is 30.6 Å². The predicted octanol–water partition coefficient (Wildman–Crippen LogP) is 3.30. The molecule has 0 bridgehead atoms. The van der Waals surface area contributed by atoms with Gasteiger partial charge in [0.25, 0.3) is 0 Å². The quantitative estimate of drug-likeness (QED) is 0.502. The normalized spacial score (nSPS) is 28.4. The summed E-state index contributed by atoms with van der Waals surface area (Å²) in [7, 11) is 0.742. The van der Waals surface area contributed by atoms with Crippen LogP contribution < -0.4 is 15.9 Å². The Bertz CT molecular complexity index is 887. The molecule has 2 aliphatic rings. The second-order valence-corrected chi connectivity index (χ2v) is 12.4. The Morgan fingerprint density at radius 2 is 1.30 bits per heavy atom. The molecule has 2 nitrogen and oxygen atoms in total. The van der Waals surface area contributed by atoms with E-state index in [0.29, 0.717) is 24.2 Å². The molecule has 1 spiro atoms. The van der Waals surface area contributed by atoms with E-state index in [9.17, 15) is 5.11 Å². The van der Waals surface area contributed by atoms with Gasteiger partial charge in [-0.15, -0.1) is 0 Å². The van der Waals surface area contributed by atoms with Crippen molar-refractivity contribution in [3.63, 3.8) is 0 Å². The summed E-state index contributed by atoms with van der Waals surface area (Å²) in [5, 5.41) is 14.5. The molecule has 0 aliphatic carbocycles. The fourth-order valence-corrected chi connectivity index (χ4v) is 11.3. The maximum Gasteiger partial charge on any atom is 0.101 e. The van der Waals surface area contributed by atoms with Crippen LogP contribution in [0.2, 0.25) is 0 Å². The Kier molecular flexibility index (Phi) is 5.31. The zero-order chi connectivity index (χ0) is 20.6. The lowest BCUT2D eigenvalue weighted by Crippen LogP contribution is -2.79. The highest BCUT2D eigenvalue weighted by atomic mass is 31.2. The smallest absolute Gasteiger partial charge is 0.101 e. The fraction of sp³-hybridized carbons (Fsp3) is 0.308. The van der Waals surface area contributed by atoms with Gasteiger partial charge in [-0.1, -0.05) is 54.6 Å². The molecule has 2 aliphatic heterocycles. The molecule has 3 aromatic carbocycles. The predicted molar refractivity (Wildman–Crippen MR) is 129 cm³/mol. The minimum atomic E-state index is -1.88. The molecule has 0 saturated carbocycles. The minimum absolute atomic E-state index is 0.293. The maximum atomic E-state index is 10.1.